The number of benzene rings is 1. The summed E-state index contributed by atoms with van der Waals surface area (Å²) in [7, 11) is 1.44. The van der Waals surface area contributed by atoms with Gasteiger partial charge in [0, 0.05) is 13.2 Å². The number of carbonyl (C=O) groups excluding carboxylic acids is 2. The largest absolute Gasteiger partial charge is 0.502 e. The van der Waals surface area contributed by atoms with Crippen molar-refractivity contribution in [3.05, 3.63) is 39.4 Å². The molecule has 0 amide bonds. The summed E-state index contributed by atoms with van der Waals surface area (Å²) in [5.41, 5.74) is -0.557. The normalized spacial score (nSPS) is 11.1. The van der Waals surface area contributed by atoms with Crippen molar-refractivity contribution in [2.24, 2.45) is 0 Å². The van der Waals surface area contributed by atoms with Crippen molar-refractivity contribution in [1.29, 1.82) is 0 Å². The summed E-state index contributed by atoms with van der Waals surface area (Å²) in [4.78, 5) is 33.3. The van der Waals surface area contributed by atoms with Crippen molar-refractivity contribution >= 4 is 23.5 Å². The molecule has 22 heavy (non-hydrogen) atoms. The number of nitrogens with zero attached hydrogens (tertiary/aromatic N) is 1. The van der Waals surface area contributed by atoms with E-state index in [4.69, 9.17) is 9.47 Å². The maximum absolute atomic E-state index is 11.8. The number of rotatable bonds is 7. The Kier molecular flexibility index (Phi) is 6.21. The molecule has 0 unspecified atom stereocenters. The Morgan fingerprint density at radius 1 is 1.36 bits per heavy atom. The lowest BCUT2D eigenvalue weighted by Gasteiger charge is -2.06. The SMILES string of the molecule is COCCOC(=O)/C(=C/c1ccc(O)c([N+](=O)[O-])c1)C(C)=O. The predicted octanol–water partition coefficient (Wildman–Crippen LogP) is 1.46. The first kappa shape index (κ1) is 17.3. The van der Waals surface area contributed by atoms with Crippen molar-refractivity contribution in [2.45, 2.75) is 6.92 Å². The number of nitro benzene ring substituents is 1. The van der Waals surface area contributed by atoms with E-state index in [-0.39, 0.29) is 24.4 Å². The Bertz CT molecular complexity index is 622. The number of nitro groups is 1. The highest BCUT2D eigenvalue weighted by molar-refractivity contribution is 6.19. The molecule has 0 radical (unpaired) electrons. The van der Waals surface area contributed by atoms with E-state index in [1.165, 1.54) is 26.2 Å². The summed E-state index contributed by atoms with van der Waals surface area (Å²) < 4.78 is 9.56. The maximum Gasteiger partial charge on any atom is 0.341 e. The molecule has 8 nitrogen and oxygen atoms in total. The van der Waals surface area contributed by atoms with Gasteiger partial charge in [0.2, 0.25) is 0 Å². The van der Waals surface area contributed by atoms with Crippen LogP contribution in [0.5, 0.6) is 5.75 Å². The summed E-state index contributed by atoms with van der Waals surface area (Å²) in [6.45, 7) is 1.34. The van der Waals surface area contributed by atoms with Crippen LogP contribution in [0.4, 0.5) is 5.69 Å². The molecular weight excluding hydrogens is 294 g/mol. The molecule has 1 aromatic rings. The maximum atomic E-state index is 11.8. The highest BCUT2D eigenvalue weighted by atomic mass is 16.6. The topological polar surface area (TPSA) is 116 Å². The summed E-state index contributed by atoms with van der Waals surface area (Å²) in [6, 6.07) is 3.51. The molecule has 1 rings (SSSR count). The third-order valence-corrected chi connectivity index (χ3v) is 2.63. The number of methoxy groups -OCH3 is 1. The summed E-state index contributed by atoms with van der Waals surface area (Å²) in [5, 5.41) is 20.1. The minimum Gasteiger partial charge on any atom is -0.502 e. The number of aromatic hydroxyl groups is 1. The number of phenols is 1. The lowest BCUT2D eigenvalue weighted by molar-refractivity contribution is -0.385. The second-order valence-electron chi connectivity index (χ2n) is 4.25. The average Bonchev–Trinajstić information content (AvgIpc) is 2.45. The number of Topliss-reactive ketones (excluding diaryl/α,β-unsaturated/α-hetero) is 1. The first-order chi connectivity index (χ1) is 10.4. The van der Waals surface area contributed by atoms with E-state index < -0.39 is 28.1 Å². The Labute approximate surface area is 126 Å². The predicted molar refractivity (Wildman–Crippen MR) is 76.3 cm³/mol. The third-order valence-electron chi connectivity index (χ3n) is 2.63. The van der Waals surface area contributed by atoms with Gasteiger partial charge in [0.25, 0.3) is 0 Å². The highest BCUT2D eigenvalue weighted by Gasteiger charge is 2.18. The van der Waals surface area contributed by atoms with Crippen LogP contribution in [0, 0.1) is 10.1 Å². The number of ether oxygens (including phenoxy) is 2. The zero-order valence-corrected chi connectivity index (χ0v) is 12.1. The minimum absolute atomic E-state index is 0.0182. The van der Waals surface area contributed by atoms with Gasteiger partial charge in [-0.05, 0) is 24.6 Å². The summed E-state index contributed by atoms with van der Waals surface area (Å²) >= 11 is 0. The molecule has 0 saturated carbocycles. The van der Waals surface area contributed by atoms with Crippen LogP contribution in [-0.4, -0.2) is 42.1 Å². The zero-order valence-electron chi connectivity index (χ0n) is 12.1. The number of hydrogen-bond donors (Lipinski definition) is 1. The average molecular weight is 309 g/mol. The van der Waals surface area contributed by atoms with Gasteiger partial charge in [-0.15, -0.1) is 0 Å². The molecular formula is C14H15NO7. The fourth-order valence-corrected chi connectivity index (χ4v) is 1.54. The Balaban J connectivity index is 3.08. The van der Waals surface area contributed by atoms with Gasteiger partial charge in [0.1, 0.15) is 12.2 Å². The van der Waals surface area contributed by atoms with Crippen LogP contribution in [-0.2, 0) is 19.1 Å². The van der Waals surface area contributed by atoms with Gasteiger partial charge < -0.3 is 14.6 Å². The van der Waals surface area contributed by atoms with Crippen molar-refractivity contribution in [3.8, 4) is 5.75 Å². The monoisotopic (exact) mass is 309 g/mol. The third kappa shape index (κ3) is 4.67. The van der Waals surface area contributed by atoms with Gasteiger partial charge in [0.15, 0.2) is 11.5 Å². The number of hydrogen-bond acceptors (Lipinski definition) is 7. The molecule has 0 aromatic heterocycles. The molecule has 0 atom stereocenters. The first-order valence-corrected chi connectivity index (χ1v) is 6.23. The molecule has 0 fully saturated rings. The highest BCUT2D eigenvalue weighted by Crippen LogP contribution is 2.27. The van der Waals surface area contributed by atoms with E-state index in [1.807, 2.05) is 0 Å². The molecule has 1 N–H and O–H groups in total. The molecule has 1 aromatic carbocycles. The molecule has 0 bridgehead atoms. The lowest BCUT2D eigenvalue weighted by Crippen LogP contribution is -2.16. The Hall–Kier alpha value is -2.74. The minimum atomic E-state index is -0.847. The van der Waals surface area contributed by atoms with Crippen LogP contribution in [0.3, 0.4) is 0 Å². The molecule has 0 aliphatic heterocycles. The van der Waals surface area contributed by atoms with Gasteiger partial charge >= 0.3 is 11.7 Å². The van der Waals surface area contributed by atoms with Crippen LogP contribution < -0.4 is 0 Å². The van der Waals surface area contributed by atoms with Crippen molar-refractivity contribution in [2.75, 3.05) is 20.3 Å². The number of carbonyl (C=O) groups is 2. The van der Waals surface area contributed by atoms with Crippen LogP contribution in [0.2, 0.25) is 0 Å². The summed E-state index contributed by atoms with van der Waals surface area (Å²) in [5.74, 6) is -1.90. The smallest absolute Gasteiger partial charge is 0.341 e. The van der Waals surface area contributed by atoms with E-state index in [0.29, 0.717) is 0 Å². The molecule has 8 heteroatoms. The number of phenolic OH excluding ortho intramolecular Hbond substituents is 1. The number of ketones is 1. The fraction of sp³-hybridized carbons (Fsp3) is 0.286. The van der Waals surface area contributed by atoms with Crippen molar-refractivity contribution < 1.29 is 29.1 Å². The second-order valence-corrected chi connectivity index (χ2v) is 4.25. The van der Waals surface area contributed by atoms with Crippen molar-refractivity contribution in [3.63, 3.8) is 0 Å². The lowest BCUT2D eigenvalue weighted by atomic mass is 10.1. The number of esters is 1. The van der Waals surface area contributed by atoms with Crippen LogP contribution in [0.15, 0.2) is 23.8 Å². The van der Waals surface area contributed by atoms with E-state index in [1.54, 1.807) is 0 Å². The molecule has 0 aliphatic carbocycles. The quantitative estimate of drug-likeness (QED) is 0.154. The fourth-order valence-electron chi connectivity index (χ4n) is 1.54. The van der Waals surface area contributed by atoms with Gasteiger partial charge in [0.05, 0.1) is 11.5 Å². The Morgan fingerprint density at radius 3 is 2.59 bits per heavy atom. The molecule has 0 aliphatic rings. The van der Waals surface area contributed by atoms with Crippen LogP contribution in [0.1, 0.15) is 12.5 Å². The van der Waals surface area contributed by atoms with Gasteiger partial charge in [-0.2, -0.15) is 0 Å². The second kappa shape index (κ2) is 7.89. The molecule has 118 valence electrons. The molecule has 0 heterocycles. The van der Waals surface area contributed by atoms with Crippen LogP contribution in [0.25, 0.3) is 6.08 Å². The van der Waals surface area contributed by atoms with E-state index in [0.717, 1.165) is 12.1 Å². The standard InChI is InChI=1S/C14H15NO7/c1-9(16)11(14(18)22-6-5-21-2)7-10-3-4-13(17)12(8-10)15(19)20/h3-4,7-8,17H,5-6H2,1-2H3/b11-7+. The summed E-state index contributed by atoms with van der Waals surface area (Å²) in [6.07, 6.45) is 1.17. The zero-order chi connectivity index (χ0) is 16.7. The van der Waals surface area contributed by atoms with Crippen molar-refractivity contribution in [1.82, 2.24) is 0 Å². The van der Waals surface area contributed by atoms with E-state index in [2.05, 4.69) is 0 Å². The van der Waals surface area contributed by atoms with Gasteiger partial charge in [-0.1, -0.05) is 6.07 Å². The van der Waals surface area contributed by atoms with Gasteiger partial charge in [-0.3, -0.25) is 14.9 Å². The molecule has 0 spiro atoms. The Morgan fingerprint density at radius 2 is 2.05 bits per heavy atom. The van der Waals surface area contributed by atoms with E-state index in [9.17, 15) is 24.8 Å². The molecule has 0 saturated heterocycles. The van der Waals surface area contributed by atoms with Gasteiger partial charge in [-0.25, -0.2) is 4.79 Å². The first-order valence-electron chi connectivity index (χ1n) is 6.23. The van der Waals surface area contributed by atoms with E-state index >= 15 is 0 Å². The van der Waals surface area contributed by atoms with Crippen LogP contribution >= 0.6 is 0 Å².